The molecule has 0 spiro atoms. The van der Waals surface area contributed by atoms with E-state index in [1.54, 1.807) is 11.3 Å². The maximum atomic E-state index is 5.67. The molecule has 2 aromatic rings. The van der Waals surface area contributed by atoms with Crippen LogP contribution in [0.4, 0.5) is 0 Å². The van der Waals surface area contributed by atoms with Crippen molar-refractivity contribution in [2.24, 2.45) is 5.84 Å². The lowest BCUT2D eigenvalue weighted by Gasteiger charge is -2.13. The van der Waals surface area contributed by atoms with Gasteiger partial charge in [0.2, 0.25) is 0 Å². The predicted octanol–water partition coefficient (Wildman–Crippen LogP) is 4.80. The third-order valence-corrected chi connectivity index (χ3v) is 6.38. The molecule has 0 aliphatic heterocycles. The van der Waals surface area contributed by atoms with E-state index in [1.807, 2.05) is 0 Å². The summed E-state index contributed by atoms with van der Waals surface area (Å²) in [5, 5.41) is 0. The highest BCUT2D eigenvalue weighted by Crippen LogP contribution is 2.36. The summed E-state index contributed by atoms with van der Waals surface area (Å²) in [6, 6.07) is 12.9. The molecule has 1 aromatic heterocycles. The lowest BCUT2D eigenvalue weighted by molar-refractivity contribution is 0.505. The van der Waals surface area contributed by atoms with Crippen molar-refractivity contribution < 1.29 is 0 Å². The summed E-state index contributed by atoms with van der Waals surface area (Å²) in [5.41, 5.74) is 4.30. The predicted molar refractivity (Wildman–Crippen MR) is 89.2 cm³/mol. The number of rotatable bonds is 6. The summed E-state index contributed by atoms with van der Waals surface area (Å²) in [7, 11) is 0. The van der Waals surface area contributed by atoms with Crippen LogP contribution in [0.15, 0.2) is 44.7 Å². The van der Waals surface area contributed by atoms with E-state index in [4.69, 9.17) is 5.84 Å². The zero-order valence-corrected chi connectivity index (χ0v) is 14.4. The van der Waals surface area contributed by atoms with E-state index >= 15 is 0 Å². The van der Waals surface area contributed by atoms with Crippen LogP contribution in [0.25, 0.3) is 0 Å². The van der Waals surface area contributed by atoms with E-state index in [1.165, 1.54) is 10.4 Å². The van der Waals surface area contributed by atoms with E-state index < -0.39 is 0 Å². The van der Waals surface area contributed by atoms with Crippen molar-refractivity contribution in [3.63, 3.8) is 0 Å². The van der Waals surface area contributed by atoms with Gasteiger partial charge in [0.15, 0.2) is 0 Å². The van der Waals surface area contributed by atoms with Gasteiger partial charge in [0.1, 0.15) is 0 Å². The van der Waals surface area contributed by atoms with Crippen LogP contribution in [0.3, 0.4) is 0 Å². The van der Waals surface area contributed by atoms with Gasteiger partial charge in [-0.1, -0.05) is 30.3 Å². The molecule has 0 aliphatic carbocycles. The lowest BCUT2D eigenvalue weighted by Crippen LogP contribution is -2.27. The van der Waals surface area contributed by atoms with Crippen LogP contribution in [0.2, 0.25) is 0 Å². The number of halogens is 2. The standard InChI is InChI=1S/C14H16Br2N2S/c15-11-9-13(19-14(11)16)12(18-17)8-4-7-10-5-2-1-3-6-10/h1-3,5-6,9,12,18H,4,7-8,17H2. The van der Waals surface area contributed by atoms with Crippen molar-refractivity contribution in [2.45, 2.75) is 25.3 Å². The highest BCUT2D eigenvalue weighted by Gasteiger charge is 2.14. The molecule has 19 heavy (non-hydrogen) atoms. The number of benzene rings is 1. The normalized spacial score (nSPS) is 12.6. The molecule has 102 valence electrons. The molecule has 1 heterocycles. The SMILES string of the molecule is NNC(CCCc1ccccc1)c1cc(Br)c(Br)s1. The molecule has 0 saturated carbocycles. The number of nitrogens with two attached hydrogens (primary N) is 1. The summed E-state index contributed by atoms with van der Waals surface area (Å²) >= 11 is 8.76. The third kappa shape index (κ3) is 4.39. The minimum atomic E-state index is 0.219. The van der Waals surface area contributed by atoms with E-state index in [0.29, 0.717) is 0 Å². The highest BCUT2D eigenvalue weighted by molar-refractivity contribution is 9.13. The average Bonchev–Trinajstić information content (AvgIpc) is 2.76. The quantitative estimate of drug-likeness (QED) is 0.536. The molecule has 0 aliphatic rings. The minimum Gasteiger partial charge on any atom is -0.271 e. The van der Waals surface area contributed by atoms with E-state index in [9.17, 15) is 0 Å². The van der Waals surface area contributed by atoms with E-state index in [2.05, 4.69) is 73.7 Å². The fourth-order valence-electron chi connectivity index (χ4n) is 2.00. The first-order valence-corrected chi connectivity index (χ1v) is 8.55. The Kier molecular flexibility index (Phi) is 6.04. The van der Waals surface area contributed by atoms with Crippen molar-refractivity contribution in [3.8, 4) is 0 Å². The van der Waals surface area contributed by atoms with Gasteiger partial charge in [-0.05, 0) is 62.8 Å². The molecule has 1 unspecified atom stereocenters. The molecule has 2 nitrogen and oxygen atoms in total. The Morgan fingerprint density at radius 1 is 1.21 bits per heavy atom. The largest absolute Gasteiger partial charge is 0.271 e. The number of hydrogen-bond donors (Lipinski definition) is 2. The molecule has 0 bridgehead atoms. The van der Waals surface area contributed by atoms with Crippen LogP contribution in [-0.2, 0) is 6.42 Å². The summed E-state index contributed by atoms with van der Waals surface area (Å²) in [4.78, 5) is 1.26. The lowest BCUT2D eigenvalue weighted by atomic mass is 10.0. The van der Waals surface area contributed by atoms with Gasteiger partial charge < -0.3 is 0 Å². The number of thiophene rings is 1. The Morgan fingerprint density at radius 2 is 1.95 bits per heavy atom. The minimum absolute atomic E-state index is 0.219. The molecule has 3 N–H and O–H groups in total. The van der Waals surface area contributed by atoms with Gasteiger partial charge in [-0.15, -0.1) is 11.3 Å². The molecule has 5 heteroatoms. The number of hydrogen-bond acceptors (Lipinski definition) is 3. The van der Waals surface area contributed by atoms with Crippen molar-refractivity contribution in [3.05, 3.63) is 55.1 Å². The van der Waals surface area contributed by atoms with Crippen molar-refractivity contribution >= 4 is 43.2 Å². The second-order valence-electron chi connectivity index (χ2n) is 4.37. The van der Waals surface area contributed by atoms with E-state index in [0.717, 1.165) is 27.5 Å². The molecular formula is C14H16Br2N2S. The van der Waals surface area contributed by atoms with Crippen LogP contribution in [-0.4, -0.2) is 0 Å². The zero-order valence-electron chi connectivity index (χ0n) is 10.4. The molecule has 1 aromatic carbocycles. The van der Waals surface area contributed by atoms with Crippen LogP contribution in [0.1, 0.15) is 29.3 Å². The Bertz CT molecular complexity index is 494. The fourth-order valence-corrected chi connectivity index (χ4v) is 4.18. The zero-order chi connectivity index (χ0) is 13.7. The molecule has 2 rings (SSSR count). The van der Waals surface area contributed by atoms with Crippen molar-refractivity contribution in [1.82, 2.24) is 5.43 Å². The van der Waals surface area contributed by atoms with Gasteiger partial charge in [0.25, 0.3) is 0 Å². The van der Waals surface area contributed by atoms with Gasteiger partial charge in [-0.3, -0.25) is 11.3 Å². The summed E-state index contributed by atoms with van der Waals surface area (Å²) in [6.45, 7) is 0. The molecular weight excluding hydrogens is 388 g/mol. The monoisotopic (exact) mass is 402 g/mol. The summed E-state index contributed by atoms with van der Waals surface area (Å²) < 4.78 is 2.21. The summed E-state index contributed by atoms with van der Waals surface area (Å²) in [6.07, 6.45) is 3.24. The van der Waals surface area contributed by atoms with Crippen LogP contribution in [0.5, 0.6) is 0 Å². The Balaban J connectivity index is 1.89. The molecule has 0 radical (unpaired) electrons. The maximum absolute atomic E-state index is 5.67. The maximum Gasteiger partial charge on any atom is 0.0843 e. The second kappa shape index (κ2) is 7.55. The Labute approximate surface area is 134 Å². The number of aryl methyl sites for hydroxylation is 1. The topological polar surface area (TPSA) is 38.0 Å². The smallest absolute Gasteiger partial charge is 0.0843 e. The molecule has 0 fully saturated rings. The third-order valence-electron chi connectivity index (χ3n) is 3.01. The number of hydrazine groups is 1. The molecule has 0 amide bonds. The van der Waals surface area contributed by atoms with Crippen LogP contribution in [0, 0.1) is 0 Å². The Hall–Kier alpha value is -0.200. The second-order valence-corrected chi connectivity index (χ2v) is 7.62. The number of nitrogens with one attached hydrogen (secondary N) is 1. The summed E-state index contributed by atoms with van der Waals surface area (Å²) in [5.74, 6) is 5.67. The van der Waals surface area contributed by atoms with Gasteiger partial charge >= 0.3 is 0 Å². The van der Waals surface area contributed by atoms with Gasteiger partial charge in [0, 0.05) is 9.35 Å². The van der Waals surface area contributed by atoms with Gasteiger partial charge in [-0.2, -0.15) is 0 Å². The molecule has 0 saturated heterocycles. The fraction of sp³-hybridized carbons (Fsp3) is 0.286. The van der Waals surface area contributed by atoms with Crippen LogP contribution < -0.4 is 11.3 Å². The molecule has 1 atom stereocenters. The van der Waals surface area contributed by atoms with Crippen LogP contribution >= 0.6 is 43.2 Å². The first-order valence-electron chi connectivity index (χ1n) is 6.15. The van der Waals surface area contributed by atoms with Crippen molar-refractivity contribution in [2.75, 3.05) is 0 Å². The van der Waals surface area contributed by atoms with Gasteiger partial charge in [0.05, 0.1) is 9.83 Å². The highest BCUT2D eigenvalue weighted by atomic mass is 79.9. The van der Waals surface area contributed by atoms with E-state index in [-0.39, 0.29) is 6.04 Å². The Morgan fingerprint density at radius 3 is 2.53 bits per heavy atom. The first-order chi connectivity index (χ1) is 9.20. The van der Waals surface area contributed by atoms with Crippen molar-refractivity contribution in [1.29, 1.82) is 0 Å². The van der Waals surface area contributed by atoms with Gasteiger partial charge in [-0.25, -0.2) is 0 Å². The average molecular weight is 404 g/mol. The first kappa shape index (κ1) is 15.2.